The summed E-state index contributed by atoms with van der Waals surface area (Å²) in [5.74, 6) is 0.312. The molecule has 0 atom stereocenters. The quantitative estimate of drug-likeness (QED) is 0.589. The van der Waals surface area contributed by atoms with Crippen LogP contribution in [-0.4, -0.2) is 19.9 Å². The molecule has 0 spiro atoms. The van der Waals surface area contributed by atoms with Crippen molar-refractivity contribution in [3.8, 4) is 22.5 Å². The predicted octanol–water partition coefficient (Wildman–Crippen LogP) is 2.92. The highest BCUT2D eigenvalue weighted by molar-refractivity contribution is 5.84. The van der Waals surface area contributed by atoms with Crippen molar-refractivity contribution in [1.29, 1.82) is 0 Å². The van der Waals surface area contributed by atoms with Crippen LogP contribution in [-0.2, 0) is 0 Å². The first-order chi connectivity index (χ1) is 11.7. The Labute approximate surface area is 138 Å². The van der Waals surface area contributed by atoms with E-state index in [2.05, 4.69) is 19.9 Å². The SMILES string of the molecule is Nc1nc2nc(-c3ccccc3)c(-c3ccccc3)nc2nc1N. The van der Waals surface area contributed by atoms with Crippen LogP contribution < -0.4 is 11.5 Å². The number of anilines is 2. The molecule has 0 bridgehead atoms. The first-order valence-electron chi connectivity index (χ1n) is 7.44. The van der Waals surface area contributed by atoms with Crippen LogP contribution in [0.25, 0.3) is 33.8 Å². The number of hydrogen-bond donors (Lipinski definition) is 2. The minimum Gasteiger partial charge on any atom is -0.381 e. The molecular weight excluding hydrogens is 300 g/mol. The van der Waals surface area contributed by atoms with E-state index in [1.165, 1.54) is 0 Å². The van der Waals surface area contributed by atoms with E-state index >= 15 is 0 Å². The van der Waals surface area contributed by atoms with Gasteiger partial charge in [-0.05, 0) is 0 Å². The molecule has 2 aromatic carbocycles. The predicted molar refractivity (Wildman–Crippen MR) is 94.8 cm³/mol. The molecule has 4 rings (SSSR count). The zero-order valence-electron chi connectivity index (χ0n) is 12.7. The highest BCUT2D eigenvalue weighted by Gasteiger charge is 2.15. The molecule has 4 N–H and O–H groups in total. The fraction of sp³-hybridized carbons (Fsp3) is 0. The minimum atomic E-state index is 0.156. The third-order valence-electron chi connectivity index (χ3n) is 3.67. The van der Waals surface area contributed by atoms with E-state index in [1.807, 2.05) is 60.7 Å². The molecule has 0 amide bonds. The molecule has 0 unspecified atom stereocenters. The zero-order valence-corrected chi connectivity index (χ0v) is 12.7. The topological polar surface area (TPSA) is 104 Å². The Morgan fingerprint density at radius 2 is 0.875 bits per heavy atom. The Bertz CT molecular complexity index is 932. The van der Waals surface area contributed by atoms with Gasteiger partial charge in [0.2, 0.25) is 11.3 Å². The van der Waals surface area contributed by atoms with Crippen molar-refractivity contribution in [2.45, 2.75) is 0 Å². The molecule has 0 fully saturated rings. The van der Waals surface area contributed by atoms with Crippen molar-refractivity contribution >= 4 is 22.9 Å². The molecule has 0 aliphatic rings. The van der Waals surface area contributed by atoms with Crippen molar-refractivity contribution in [1.82, 2.24) is 19.9 Å². The largest absolute Gasteiger partial charge is 0.381 e. The van der Waals surface area contributed by atoms with E-state index in [0.717, 1.165) is 22.5 Å². The summed E-state index contributed by atoms with van der Waals surface area (Å²) in [6, 6.07) is 19.7. The third-order valence-corrected chi connectivity index (χ3v) is 3.67. The van der Waals surface area contributed by atoms with Crippen molar-refractivity contribution in [3.63, 3.8) is 0 Å². The lowest BCUT2D eigenvalue weighted by Gasteiger charge is -2.10. The highest BCUT2D eigenvalue weighted by Crippen LogP contribution is 2.30. The van der Waals surface area contributed by atoms with E-state index in [-0.39, 0.29) is 11.6 Å². The fourth-order valence-corrected chi connectivity index (χ4v) is 2.51. The summed E-state index contributed by atoms with van der Waals surface area (Å²) in [7, 11) is 0. The molecule has 0 saturated carbocycles. The van der Waals surface area contributed by atoms with Crippen LogP contribution in [0.15, 0.2) is 60.7 Å². The first kappa shape index (κ1) is 14.1. The molecule has 6 heteroatoms. The monoisotopic (exact) mass is 314 g/mol. The number of benzene rings is 2. The number of nitrogen functional groups attached to an aromatic ring is 2. The first-order valence-corrected chi connectivity index (χ1v) is 7.44. The summed E-state index contributed by atoms with van der Waals surface area (Å²) in [5, 5.41) is 0. The van der Waals surface area contributed by atoms with Crippen LogP contribution in [0.3, 0.4) is 0 Å². The summed E-state index contributed by atoms with van der Waals surface area (Å²) in [6.45, 7) is 0. The third kappa shape index (κ3) is 2.40. The van der Waals surface area contributed by atoms with Gasteiger partial charge in [0.15, 0.2) is 11.6 Å². The average Bonchev–Trinajstić information content (AvgIpc) is 2.63. The van der Waals surface area contributed by atoms with E-state index in [9.17, 15) is 0 Å². The number of rotatable bonds is 2. The lowest BCUT2D eigenvalue weighted by molar-refractivity contribution is 1.17. The summed E-state index contributed by atoms with van der Waals surface area (Å²) in [5.41, 5.74) is 15.6. The minimum absolute atomic E-state index is 0.156. The maximum Gasteiger partial charge on any atom is 0.200 e. The maximum absolute atomic E-state index is 5.76. The summed E-state index contributed by atoms with van der Waals surface area (Å²) in [6.07, 6.45) is 0. The molecule has 4 aromatic rings. The van der Waals surface area contributed by atoms with Crippen LogP contribution in [0.5, 0.6) is 0 Å². The van der Waals surface area contributed by atoms with Crippen LogP contribution in [0, 0.1) is 0 Å². The Morgan fingerprint density at radius 1 is 0.500 bits per heavy atom. The Hall–Kier alpha value is -3.54. The lowest BCUT2D eigenvalue weighted by atomic mass is 10.0. The Kier molecular flexibility index (Phi) is 3.28. The Balaban J connectivity index is 2.06. The molecular formula is C18H14N6. The number of nitrogens with two attached hydrogens (primary N) is 2. The van der Waals surface area contributed by atoms with Gasteiger partial charge in [-0.3, -0.25) is 0 Å². The lowest BCUT2D eigenvalue weighted by Crippen LogP contribution is -2.05. The van der Waals surface area contributed by atoms with Crippen molar-refractivity contribution in [2.75, 3.05) is 11.5 Å². The van der Waals surface area contributed by atoms with Crippen LogP contribution in [0.1, 0.15) is 0 Å². The van der Waals surface area contributed by atoms with Crippen LogP contribution in [0.4, 0.5) is 11.6 Å². The standard InChI is InChI=1S/C18H14N6/c19-15-16(20)24-18-17(23-15)21-13(11-7-3-1-4-8-11)14(22-18)12-9-5-2-6-10-12/h1-10H,(H2,19,21,23)(H2,20,22,24). The second kappa shape index (κ2) is 5.58. The van der Waals surface area contributed by atoms with Crippen molar-refractivity contribution in [2.24, 2.45) is 0 Å². The van der Waals surface area contributed by atoms with E-state index < -0.39 is 0 Å². The van der Waals surface area contributed by atoms with Gasteiger partial charge in [0.05, 0.1) is 11.4 Å². The maximum atomic E-state index is 5.76. The molecule has 116 valence electrons. The highest BCUT2D eigenvalue weighted by atomic mass is 15.1. The number of hydrogen-bond acceptors (Lipinski definition) is 6. The molecule has 2 heterocycles. The molecule has 0 saturated heterocycles. The van der Waals surface area contributed by atoms with Crippen molar-refractivity contribution < 1.29 is 0 Å². The smallest absolute Gasteiger partial charge is 0.200 e. The van der Waals surface area contributed by atoms with Crippen LogP contribution in [0.2, 0.25) is 0 Å². The number of aromatic nitrogens is 4. The zero-order chi connectivity index (χ0) is 16.5. The average molecular weight is 314 g/mol. The molecule has 0 aliphatic heterocycles. The normalized spacial score (nSPS) is 10.8. The van der Waals surface area contributed by atoms with Gasteiger partial charge >= 0.3 is 0 Å². The number of fused-ring (bicyclic) bond motifs is 1. The van der Waals surface area contributed by atoms with Gasteiger partial charge in [-0.15, -0.1) is 0 Å². The molecule has 0 aliphatic carbocycles. The van der Waals surface area contributed by atoms with Crippen molar-refractivity contribution in [3.05, 3.63) is 60.7 Å². The summed E-state index contributed by atoms with van der Waals surface area (Å²) >= 11 is 0. The Morgan fingerprint density at radius 3 is 1.25 bits per heavy atom. The van der Waals surface area contributed by atoms with E-state index in [4.69, 9.17) is 11.5 Å². The number of nitrogens with zero attached hydrogens (tertiary/aromatic N) is 4. The van der Waals surface area contributed by atoms with Gasteiger partial charge in [0, 0.05) is 11.1 Å². The fourth-order valence-electron chi connectivity index (χ4n) is 2.51. The molecule has 2 aromatic heterocycles. The van der Waals surface area contributed by atoms with Gasteiger partial charge < -0.3 is 11.5 Å². The summed E-state index contributed by atoms with van der Waals surface area (Å²) in [4.78, 5) is 17.7. The molecule has 6 nitrogen and oxygen atoms in total. The molecule has 24 heavy (non-hydrogen) atoms. The molecule has 0 radical (unpaired) electrons. The van der Waals surface area contributed by atoms with E-state index in [1.54, 1.807) is 0 Å². The van der Waals surface area contributed by atoms with Gasteiger partial charge in [-0.25, -0.2) is 19.9 Å². The van der Waals surface area contributed by atoms with Gasteiger partial charge in [-0.2, -0.15) is 0 Å². The second-order valence-electron chi connectivity index (χ2n) is 5.29. The van der Waals surface area contributed by atoms with Crippen LogP contribution >= 0.6 is 0 Å². The van der Waals surface area contributed by atoms with E-state index in [0.29, 0.717) is 11.3 Å². The van der Waals surface area contributed by atoms with Gasteiger partial charge in [0.25, 0.3) is 0 Å². The summed E-state index contributed by atoms with van der Waals surface area (Å²) < 4.78 is 0. The van der Waals surface area contributed by atoms with Gasteiger partial charge in [0.1, 0.15) is 0 Å². The second-order valence-corrected chi connectivity index (χ2v) is 5.29. The van der Waals surface area contributed by atoms with Gasteiger partial charge in [-0.1, -0.05) is 60.7 Å².